The fourth-order valence-corrected chi connectivity index (χ4v) is 10.9. The Morgan fingerprint density at radius 3 is 2.19 bits per heavy atom. The summed E-state index contributed by atoms with van der Waals surface area (Å²) in [6.45, 7) is 22.1. The topological polar surface area (TPSA) is 20.2 Å². The van der Waals surface area contributed by atoms with Crippen molar-refractivity contribution in [2.24, 2.45) is 56.7 Å². The van der Waals surface area contributed by atoms with E-state index in [9.17, 15) is 5.11 Å². The van der Waals surface area contributed by atoms with E-state index < -0.39 is 0 Å². The average molecular weight is 441 g/mol. The molecule has 0 bridgehead atoms. The molecule has 1 nitrogen and oxygen atoms in total. The SMILES string of the molecule is C=C(CC[C@@H](C)C(C)C)[C@H]1CC[C@@]2(C)[C@@H]3CC[C@H]4C(C)(C)[C@@H](O)CC[C@@]45C[C@@]35CC[C@]12C. The molecule has 0 aromatic carbocycles. The third-order valence-corrected chi connectivity index (χ3v) is 13.6. The van der Waals surface area contributed by atoms with E-state index in [2.05, 4.69) is 48.5 Å². The van der Waals surface area contributed by atoms with Gasteiger partial charge in [0.2, 0.25) is 0 Å². The largest absolute Gasteiger partial charge is 0.393 e. The van der Waals surface area contributed by atoms with E-state index in [4.69, 9.17) is 6.58 Å². The van der Waals surface area contributed by atoms with Crippen LogP contribution in [0, 0.1) is 56.7 Å². The number of aliphatic hydroxyl groups excluding tert-OH is 1. The molecule has 5 saturated carbocycles. The Morgan fingerprint density at radius 2 is 1.50 bits per heavy atom. The van der Waals surface area contributed by atoms with Crippen molar-refractivity contribution < 1.29 is 5.11 Å². The lowest BCUT2D eigenvalue weighted by Crippen LogP contribution is -2.57. The van der Waals surface area contributed by atoms with Crippen LogP contribution in [0.1, 0.15) is 119 Å². The molecule has 0 aromatic rings. The zero-order chi connectivity index (χ0) is 23.3. The Morgan fingerprint density at radius 1 is 0.844 bits per heavy atom. The standard InChI is InChI=1S/C31H52O/c1-20(2)21(3)9-10-22(4)23-13-15-29(8)25-12-11-24-27(5,6)26(32)14-16-30(24)19-31(25,30)18-17-28(23,29)7/h20-21,23-26,32H,4,9-19H2,1-3,5-8H3/t21-,23-,24+,25+,26+,28-,29+,30-,31+/m1/s1. The van der Waals surface area contributed by atoms with Crippen LogP contribution in [0.4, 0.5) is 0 Å². The third kappa shape index (κ3) is 2.73. The zero-order valence-corrected chi connectivity index (χ0v) is 22.4. The predicted octanol–water partition coefficient (Wildman–Crippen LogP) is 8.41. The van der Waals surface area contributed by atoms with Crippen molar-refractivity contribution in [2.45, 2.75) is 125 Å². The van der Waals surface area contributed by atoms with Crippen molar-refractivity contribution in [3.8, 4) is 0 Å². The molecule has 5 rings (SSSR count). The maximum absolute atomic E-state index is 10.9. The molecule has 0 amide bonds. The van der Waals surface area contributed by atoms with Crippen molar-refractivity contribution in [3.63, 3.8) is 0 Å². The van der Waals surface area contributed by atoms with Crippen LogP contribution in [0.25, 0.3) is 0 Å². The molecule has 1 heteroatoms. The average Bonchev–Trinajstić information content (AvgIpc) is 3.31. The van der Waals surface area contributed by atoms with E-state index in [-0.39, 0.29) is 11.5 Å². The van der Waals surface area contributed by atoms with Gasteiger partial charge < -0.3 is 5.11 Å². The summed E-state index contributed by atoms with van der Waals surface area (Å²) < 4.78 is 0. The molecule has 0 saturated heterocycles. The zero-order valence-electron chi connectivity index (χ0n) is 22.4. The van der Waals surface area contributed by atoms with Crippen LogP contribution in [-0.2, 0) is 0 Å². The van der Waals surface area contributed by atoms with Gasteiger partial charge in [-0.3, -0.25) is 0 Å². The van der Waals surface area contributed by atoms with Gasteiger partial charge in [-0.25, -0.2) is 0 Å². The molecule has 5 aliphatic rings. The van der Waals surface area contributed by atoms with Crippen LogP contribution in [0.2, 0.25) is 0 Å². The van der Waals surface area contributed by atoms with Crippen LogP contribution < -0.4 is 0 Å². The Balaban J connectivity index is 1.39. The molecule has 9 atom stereocenters. The molecule has 0 aliphatic heterocycles. The first-order chi connectivity index (χ1) is 14.9. The summed E-state index contributed by atoms with van der Waals surface area (Å²) in [5.41, 5.74) is 3.78. The second-order valence-corrected chi connectivity index (χ2v) is 14.9. The Kier molecular flexibility index (Phi) is 5.21. The van der Waals surface area contributed by atoms with E-state index in [0.29, 0.717) is 21.7 Å². The van der Waals surface area contributed by atoms with E-state index >= 15 is 0 Å². The molecular formula is C31H52O. The first-order valence-electron chi connectivity index (χ1n) is 14.2. The van der Waals surface area contributed by atoms with Crippen LogP contribution in [0.15, 0.2) is 12.2 Å². The van der Waals surface area contributed by atoms with Crippen LogP contribution in [0.5, 0.6) is 0 Å². The van der Waals surface area contributed by atoms with Gasteiger partial charge in [0.25, 0.3) is 0 Å². The predicted molar refractivity (Wildman–Crippen MR) is 135 cm³/mol. The van der Waals surface area contributed by atoms with Gasteiger partial charge in [0.05, 0.1) is 6.10 Å². The van der Waals surface area contributed by atoms with E-state index in [1.165, 1.54) is 64.2 Å². The second-order valence-electron chi connectivity index (χ2n) is 14.9. The van der Waals surface area contributed by atoms with Gasteiger partial charge in [0.15, 0.2) is 0 Å². The lowest BCUT2D eigenvalue weighted by molar-refractivity contribution is -0.157. The lowest BCUT2D eigenvalue weighted by Gasteiger charge is -2.63. The van der Waals surface area contributed by atoms with Crippen molar-refractivity contribution in [3.05, 3.63) is 12.2 Å². The number of fused-ring (bicyclic) bond motifs is 2. The van der Waals surface area contributed by atoms with Gasteiger partial charge in [0, 0.05) is 0 Å². The smallest absolute Gasteiger partial charge is 0.0594 e. The fraction of sp³-hybridized carbons (Fsp3) is 0.935. The molecule has 182 valence electrons. The molecule has 0 aromatic heterocycles. The van der Waals surface area contributed by atoms with Crippen LogP contribution in [0.3, 0.4) is 0 Å². The molecular weight excluding hydrogens is 388 g/mol. The Labute approximate surface area is 199 Å². The Hall–Kier alpha value is -0.300. The Bertz CT molecular complexity index is 779. The van der Waals surface area contributed by atoms with Crippen molar-refractivity contribution in [2.75, 3.05) is 0 Å². The summed E-state index contributed by atoms with van der Waals surface area (Å²) in [6, 6.07) is 0. The summed E-state index contributed by atoms with van der Waals surface area (Å²) in [5.74, 6) is 3.96. The molecule has 5 aliphatic carbocycles. The molecule has 0 unspecified atom stereocenters. The van der Waals surface area contributed by atoms with Gasteiger partial charge in [0.1, 0.15) is 0 Å². The van der Waals surface area contributed by atoms with Gasteiger partial charge in [-0.2, -0.15) is 0 Å². The van der Waals surface area contributed by atoms with Gasteiger partial charge >= 0.3 is 0 Å². The summed E-state index contributed by atoms with van der Waals surface area (Å²) in [4.78, 5) is 0. The summed E-state index contributed by atoms with van der Waals surface area (Å²) in [6.07, 6.45) is 14.7. The van der Waals surface area contributed by atoms with Gasteiger partial charge in [-0.15, -0.1) is 0 Å². The maximum Gasteiger partial charge on any atom is 0.0594 e. The minimum atomic E-state index is -0.0933. The third-order valence-electron chi connectivity index (χ3n) is 13.6. The van der Waals surface area contributed by atoms with Crippen molar-refractivity contribution in [1.29, 1.82) is 0 Å². The number of aliphatic hydroxyl groups is 1. The van der Waals surface area contributed by atoms with Crippen molar-refractivity contribution in [1.82, 2.24) is 0 Å². The quantitative estimate of drug-likeness (QED) is 0.425. The molecule has 0 heterocycles. The second kappa shape index (κ2) is 7.11. The minimum absolute atomic E-state index is 0.0933. The normalized spacial score (nSPS) is 51.9. The highest BCUT2D eigenvalue weighted by molar-refractivity contribution is 5.31. The first kappa shape index (κ1) is 23.4. The van der Waals surface area contributed by atoms with E-state index in [1.807, 2.05) is 0 Å². The summed E-state index contributed by atoms with van der Waals surface area (Å²) >= 11 is 0. The minimum Gasteiger partial charge on any atom is -0.393 e. The monoisotopic (exact) mass is 440 g/mol. The molecule has 1 N–H and O–H groups in total. The van der Waals surface area contributed by atoms with Gasteiger partial charge in [-0.05, 0) is 127 Å². The summed E-state index contributed by atoms with van der Waals surface area (Å²) in [5, 5.41) is 10.9. The highest BCUT2D eigenvalue weighted by Crippen LogP contribution is 2.89. The summed E-state index contributed by atoms with van der Waals surface area (Å²) in [7, 11) is 0. The fourth-order valence-electron chi connectivity index (χ4n) is 10.9. The van der Waals surface area contributed by atoms with E-state index in [0.717, 1.165) is 36.0 Å². The highest BCUT2D eigenvalue weighted by atomic mass is 16.3. The number of rotatable bonds is 5. The molecule has 0 radical (unpaired) electrons. The molecule has 32 heavy (non-hydrogen) atoms. The number of hydrogen-bond acceptors (Lipinski definition) is 1. The first-order valence-corrected chi connectivity index (χ1v) is 14.2. The van der Waals surface area contributed by atoms with Crippen LogP contribution in [-0.4, -0.2) is 11.2 Å². The number of hydrogen-bond donors (Lipinski definition) is 1. The maximum atomic E-state index is 10.9. The molecule has 5 fully saturated rings. The van der Waals surface area contributed by atoms with Crippen LogP contribution >= 0.6 is 0 Å². The van der Waals surface area contributed by atoms with Crippen molar-refractivity contribution >= 4 is 0 Å². The lowest BCUT2D eigenvalue weighted by atomic mass is 9.42. The highest BCUT2D eigenvalue weighted by Gasteiger charge is 2.82. The number of allylic oxidation sites excluding steroid dienone is 1. The van der Waals surface area contributed by atoms with Gasteiger partial charge in [-0.1, -0.05) is 60.6 Å². The molecule has 2 spiro atoms. The van der Waals surface area contributed by atoms with E-state index in [1.54, 1.807) is 5.57 Å².